The van der Waals surface area contributed by atoms with Crippen LogP contribution in [0, 0.1) is 0 Å². The number of hydrogen-bond acceptors (Lipinski definition) is 3. The first-order valence-electron chi connectivity index (χ1n) is 4.89. The van der Waals surface area contributed by atoms with E-state index >= 15 is 0 Å². The summed E-state index contributed by atoms with van der Waals surface area (Å²) in [4.78, 5) is 1.18. The maximum Gasteiger partial charge on any atom is 0.0646 e. The van der Waals surface area contributed by atoms with Gasteiger partial charge in [-0.1, -0.05) is 30.3 Å². The average Bonchev–Trinajstić information content (AvgIpc) is 2.81. The van der Waals surface area contributed by atoms with Gasteiger partial charge in [0.1, 0.15) is 0 Å². The van der Waals surface area contributed by atoms with Gasteiger partial charge in [-0.15, -0.1) is 11.3 Å². The van der Waals surface area contributed by atoms with Crippen molar-refractivity contribution >= 4 is 11.3 Å². The first-order chi connectivity index (χ1) is 7.31. The second-order valence-corrected chi connectivity index (χ2v) is 4.42. The summed E-state index contributed by atoms with van der Waals surface area (Å²) >= 11 is 1.68. The highest BCUT2D eigenvalue weighted by Crippen LogP contribution is 2.23. The van der Waals surface area contributed by atoms with E-state index in [1.807, 2.05) is 29.6 Å². The summed E-state index contributed by atoms with van der Waals surface area (Å²) in [6.45, 7) is 0.561. The molecule has 2 aromatic rings. The van der Waals surface area contributed by atoms with Crippen molar-refractivity contribution in [3.63, 3.8) is 0 Å². The molecule has 0 saturated carbocycles. The fraction of sp³-hybridized carbons (Fsp3) is 0.167. The molecule has 0 aliphatic heterocycles. The van der Waals surface area contributed by atoms with Gasteiger partial charge in [-0.05, 0) is 22.6 Å². The highest BCUT2D eigenvalue weighted by atomic mass is 32.1. The molecule has 1 unspecified atom stereocenters. The Hall–Kier alpha value is -1.16. The van der Waals surface area contributed by atoms with Crippen LogP contribution < -0.4 is 11.5 Å². The van der Waals surface area contributed by atoms with E-state index in [0.29, 0.717) is 6.54 Å². The molecule has 1 aromatic carbocycles. The molecular weight excluding hydrogens is 204 g/mol. The summed E-state index contributed by atoms with van der Waals surface area (Å²) in [6, 6.07) is 12.2. The van der Waals surface area contributed by atoms with Gasteiger partial charge in [0.25, 0.3) is 0 Å². The zero-order valence-corrected chi connectivity index (χ0v) is 9.21. The fourth-order valence-corrected chi connectivity index (χ4v) is 2.30. The molecule has 0 bridgehead atoms. The van der Waals surface area contributed by atoms with Crippen LogP contribution in [0.15, 0.2) is 41.8 Å². The topological polar surface area (TPSA) is 52.0 Å². The Kier molecular flexibility index (Phi) is 3.16. The summed E-state index contributed by atoms with van der Waals surface area (Å²) in [5, 5.41) is 2.04. The number of hydrogen-bond donors (Lipinski definition) is 2. The van der Waals surface area contributed by atoms with E-state index in [1.54, 1.807) is 11.3 Å². The van der Waals surface area contributed by atoms with Crippen LogP contribution in [0.1, 0.15) is 22.0 Å². The zero-order valence-electron chi connectivity index (χ0n) is 8.39. The number of benzene rings is 1. The lowest BCUT2D eigenvalue weighted by Gasteiger charge is -2.10. The summed E-state index contributed by atoms with van der Waals surface area (Å²) in [6.07, 6.45) is 0. The van der Waals surface area contributed by atoms with Crippen LogP contribution in [-0.4, -0.2) is 0 Å². The Morgan fingerprint density at radius 3 is 2.73 bits per heavy atom. The van der Waals surface area contributed by atoms with Gasteiger partial charge in [-0.2, -0.15) is 0 Å². The highest BCUT2D eigenvalue weighted by molar-refractivity contribution is 7.10. The average molecular weight is 218 g/mol. The van der Waals surface area contributed by atoms with E-state index in [0.717, 1.165) is 11.1 Å². The van der Waals surface area contributed by atoms with Gasteiger partial charge >= 0.3 is 0 Å². The van der Waals surface area contributed by atoms with E-state index in [1.165, 1.54) is 4.88 Å². The van der Waals surface area contributed by atoms with Crippen LogP contribution in [0.2, 0.25) is 0 Å². The van der Waals surface area contributed by atoms with E-state index < -0.39 is 0 Å². The molecule has 0 fully saturated rings. The predicted molar refractivity (Wildman–Crippen MR) is 64.7 cm³/mol. The Balaban J connectivity index is 2.29. The molecule has 1 heterocycles. The lowest BCUT2D eigenvalue weighted by Crippen LogP contribution is -2.10. The van der Waals surface area contributed by atoms with Crippen LogP contribution >= 0.6 is 11.3 Å². The second-order valence-electron chi connectivity index (χ2n) is 3.44. The van der Waals surface area contributed by atoms with Crippen molar-refractivity contribution in [1.29, 1.82) is 0 Å². The number of rotatable bonds is 3. The molecule has 78 valence electrons. The third kappa shape index (κ3) is 2.26. The quantitative estimate of drug-likeness (QED) is 0.830. The van der Waals surface area contributed by atoms with Crippen molar-refractivity contribution in [3.8, 4) is 0 Å². The first-order valence-corrected chi connectivity index (χ1v) is 5.77. The molecule has 0 aliphatic carbocycles. The molecule has 1 aromatic heterocycles. The van der Waals surface area contributed by atoms with Crippen molar-refractivity contribution in [1.82, 2.24) is 0 Å². The van der Waals surface area contributed by atoms with E-state index in [9.17, 15) is 0 Å². The standard InChI is InChI=1S/C12H14N2S/c13-8-9-3-1-4-10(7-9)12(14)11-5-2-6-15-11/h1-7,12H,8,13-14H2. The molecule has 4 N–H and O–H groups in total. The van der Waals surface area contributed by atoms with Gasteiger partial charge in [-0.3, -0.25) is 0 Å². The molecule has 15 heavy (non-hydrogen) atoms. The minimum atomic E-state index is -0.0310. The van der Waals surface area contributed by atoms with Crippen LogP contribution in [0.4, 0.5) is 0 Å². The molecular formula is C12H14N2S. The van der Waals surface area contributed by atoms with Gasteiger partial charge in [-0.25, -0.2) is 0 Å². The van der Waals surface area contributed by atoms with Crippen molar-refractivity contribution in [2.24, 2.45) is 11.5 Å². The molecule has 0 amide bonds. The smallest absolute Gasteiger partial charge is 0.0646 e. The van der Waals surface area contributed by atoms with E-state index in [4.69, 9.17) is 11.5 Å². The third-order valence-electron chi connectivity index (χ3n) is 2.40. The van der Waals surface area contributed by atoms with Crippen molar-refractivity contribution in [3.05, 3.63) is 57.8 Å². The third-order valence-corrected chi connectivity index (χ3v) is 3.35. The normalized spacial score (nSPS) is 12.7. The highest BCUT2D eigenvalue weighted by Gasteiger charge is 2.09. The summed E-state index contributed by atoms with van der Waals surface area (Å²) in [7, 11) is 0. The Bertz CT molecular complexity index is 423. The lowest BCUT2D eigenvalue weighted by molar-refractivity contribution is 0.887. The van der Waals surface area contributed by atoms with Crippen LogP contribution in [0.5, 0.6) is 0 Å². The zero-order chi connectivity index (χ0) is 10.7. The van der Waals surface area contributed by atoms with Gasteiger partial charge in [0, 0.05) is 11.4 Å². The first kappa shape index (κ1) is 10.4. The van der Waals surface area contributed by atoms with Crippen LogP contribution in [0.3, 0.4) is 0 Å². The molecule has 3 heteroatoms. The van der Waals surface area contributed by atoms with Crippen LogP contribution in [-0.2, 0) is 6.54 Å². The second kappa shape index (κ2) is 4.57. The summed E-state index contributed by atoms with van der Waals surface area (Å²) < 4.78 is 0. The minimum Gasteiger partial charge on any atom is -0.326 e. The lowest BCUT2D eigenvalue weighted by atomic mass is 10.0. The van der Waals surface area contributed by atoms with E-state index in [-0.39, 0.29) is 6.04 Å². The Morgan fingerprint density at radius 2 is 2.07 bits per heavy atom. The predicted octanol–water partition coefficient (Wildman–Crippen LogP) is 2.25. The Morgan fingerprint density at radius 1 is 1.20 bits per heavy atom. The minimum absolute atomic E-state index is 0.0310. The molecule has 0 aliphatic rings. The number of nitrogens with two attached hydrogens (primary N) is 2. The molecule has 0 spiro atoms. The fourth-order valence-electron chi connectivity index (χ4n) is 1.55. The molecule has 1 atom stereocenters. The van der Waals surface area contributed by atoms with Gasteiger partial charge in [0.15, 0.2) is 0 Å². The largest absolute Gasteiger partial charge is 0.326 e. The Labute approximate surface area is 93.5 Å². The van der Waals surface area contributed by atoms with Gasteiger partial charge < -0.3 is 11.5 Å². The SMILES string of the molecule is NCc1cccc(C(N)c2cccs2)c1. The van der Waals surface area contributed by atoms with Crippen molar-refractivity contribution < 1.29 is 0 Å². The molecule has 0 saturated heterocycles. The number of thiophene rings is 1. The molecule has 2 rings (SSSR count). The van der Waals surface area contributed by atoms with Crippen LogP contribution in [0.25, 0.3) is 0 Å². The monoisotopic (exact) mass is 218 g/mol. The van der Waals surface area contributed by atoms with Crippen molar-refractivity contribution in [2.45, 2.75) is 12.6 Å². The van der Waals surface area contributed by atoms with Gasteiger partial charge in [0.05, 0.1) is 6.04 Å². The van der Waals surface area contributed by atoms with Gasteiger partial charge in [0.2, 0.25) is 0 Å². The maximum atomic E-state index is 6.15. The molecule has 2 nitrogen and oxygen atoms in total. The molecule has 0 radical (unpaired) electrons. The summed E-state index contributed by atoms with van der Waals surface area (Å²) in [5.41, 5.74) is 14.0. The maximum absolute atomic E-state index is 6.15. The van der Waals surface area contributed by atoms with Crippen molar-refractivity contribution in [2.75, 3.05) is 0 Å². The summed E-state index contributed by atoms with van der Waals surface area (Å²) in [5.74, 6) is 0. The van der Waals surface area contributed by atoms with E-state index in [2.05, 4.69) is 12.1 Å².